The third-order valence-corrected chi connectivity index (χ3v) is 4.35. The Bertz CT molecular complexity index is 1070. The molecule has 0 aliphatic carbocycles. The van der Waals surface area contributed by atoms with E-state index < -0.39 is 0 Å². The number of fused-ring (bicyclic) bond motifs is 1. The third kappa shape index (κ3) is 2.85. The van der Waals surface area contributed by atoms with Gasteiger partial charge >= 0.3 is 0 Å². The zero-order valence-corrected chi connectivity index (χ0v) is 14.4. The average molecular weight is 351 g/mol. The molecule has 3 heterocycles. The van der Waals surface area contributed by atoms with Gasteiger partial charge in [0.05, 0.1) is 0 Å². The summed E-state index contributed by atoms with van der Waals surface area (Å²) in [6, 6.07) is 10.3. The summed E-state index contributed by atoms with van der Waals surface area (Å²) < 4.78 is 14.9. The molecule has 0 aliphatic heterocycles. The normalized spacial score (nSPS) is 12.4. The Kier molecular flexibility index (Phi) is 3.80. The molecule has 0 amide bonds. The summed E-state index contributed by atoms with van der Waals surface area (Å²) in [5, 5.41) is 14.4. The van der Waals surface area contributed by atoms with Crippen molar-refractivity contribution < 1.29 is 4.39 Å². The molecule has 132 valence electrons. The molecule has 4 rings (SSSR count). The van der Waals surface area contributed by atoms with Crippen LogP contribution in [0.25, 0.3) is 5.52 Å². The summed E-state index contributed by atoms with van der Waals surface area (Å²) in [6.45, 7) is 3.95. The Balaban J connectivity index is 1.70. The van der Waals surface area contributed by atoms with Crippen LogP contribution >= 0.6 is 0 Å². The molecule has 0 saturated carbocycles. The molecule has 0 spiro atoms. The first kappa shape index (κ1) is 16.1. The van der Waals surface area contributed by atoms with Crippen LogP contribution in [-0.4, -0.2) is 24.8 Å². The Morgan fingerprint density at radius 1 is 1.23 bits per heavy atom. The number of nitrogen functional groups attached to an aromatic ring is 1. The molecule has 1 aromatic carbocycles. The lowest BCUT2D eigenvalue weighted by atomic mass is 9.94. The van der Waals surface area contributed by atoms with E-state index in [9.17, 15) is 4.39 Å². The average Bonchev–Trinajstić information content (AvgIpc) is 3.21. The van der Waals surface area contributed by atoms with Crippen LogP contribution in [0.4, 0.5) is 22.0 Å². The molecule has 4 N–H and O–H groups in total. The van der Waals surface area contributed by atoms with Crippen LogP contribution in [0.3, 0.4) is 0 Å². The first-order chi connectivity index (χ1) is 12.5. The minimum absolute atomic E-state index is 0.0271. The number of aromatic amines is 1. The van der Waals surface area contributed by atoms with Gasteiger partial charge in [0.2, 0.25) is 5.95 Å². The molecule has 0 saturated heterocycles. The van der Waals surface area contributed by atoms with Crippen LogP contribution < -0.4 is 11.1 Å². The highest BCUT2D eigenvalue weighted by Gasteiger charge is 2.17. The van der Waals surface area contributed by atoms with Gasteiger partial charge in [-0.25, -0.2) is 8.91 Å². The van der Waals surface area contributed by atoms with E-state index in [-0.39, 0.29) is 11.7 Å². The number of benzene rings is 1. The van der Waals surface area contributed by atoms with Crippen LogP contribution in [0.5, 0.6) is 0 Å². The number of nitrogens with one attached hydrogen (secondary N) is 2. The molecule has 0 aliphatic rings. The van der Waals surface area contributed by atoms with Gasteiger partial charge in [-0.2, -0.15) is 10.1 Å². The Hall–Kier alpha value is -3.42. The standard InChI is InChI=1S/C18H18FN7/c1-10-9-15(24-23-10)21-18-22-17(20)16-14(7-8-26(16)25-18)11(2)12-3-5-13(19)6-4-12/h3-9,11H,1-2H3,(H4,20,21,22,23,24,25)/t11-/m0/s1. The molecular weight excluding hydrogens is 333 g/mol. The second-order valence-corrected chi connectivity index (χ2v) is 6.22. The van der Waals surface area contributed by atoms with Crippen molar-refractivity contribution in [3.63, 3.8) is 0 Å². The van der Waals surface area contributed by atoms with E-state index in [1.165, 1.54) is 12.1 Å². The predicted octanol–water partition coefficient (Wildman–Crippen LogP) is 3.38. The first-order valence-corrected chi connectivity index (χ1v) is 8.20. The lowest BCUT2D eigenvalue weighted by Gasteiger charge is -2.12. The third-order valence-electron chi connectivity index (χ3n) is 4.35. The number of hydrogen-bond acceptors (Lipinski definition) is 5. The lowest BCUT2D eigenvalue weighted by Crippen LogP contribution is -2.07. The van der Waals surface area contributed by atoms with Crippen molar-refractivity contribution in [3.8, 4) is 0 Å². The predicted molar refractivity (Wildman–Crippen MR) is 97.9 cm³/mol. The van der Waals surface area contributed by atoms with E-state index in [4.69, 9.17) is 5.73 Å². The number of anilines is 3. The highest BCUT2D eigenvalue weighted by molar-refractivity contribution is 5.73. The number of rotatable bonds is 4. The fourth-order valence-corrected chi connectivity index (χ4v) is 3.01. The molecule has 0 fully saturated rings. The molecule has 1 atom stereocenters. The number of aryl methyl sites for hydroxylation is 1. The maximum absolute atomic E-state index is 13.2. The van der Waals surface area contributed by atoms with Crippen molar-refractivity contribution in [2.75, 3.05) is 11.1 Å². The van der Waals surface area contributed by atoms with Crippen LogP contribution in [0.1, 0.15) is 29.7 Å². The van der Waals surface area contributed by atoms with Crippen LogP contribution in [0.2, 0.25) is 0 Å². The minimum atomic E-state index is -0.255. The second-order valence-electron chi connectivity index (χ2n) is 6.22. The molecular formula is C18H18FN7. The molecule has 0 bridgehead atoms. The monoisotopic (exact) mass is 351 g/mol. The summed E-state index contributed by atoms with van der Waals surface area (Å²) >= 11 is 0. The highest BCUT2D eigenvalue weighted by Crippen LogP contribution is 2.31. The van der Waals surface area contributed by atoms with Gasteiger partial charge in [-0.3, -0.25) is 5.10 Å². The van der Waals surface area contributed by atoms with Gasteiger partial charge in [-0.15, -0.1) is 5.10 Å². The number of hydrogen-bond donors (Lipinski definition) is 3. The summed E-state index contributed by atoms with van der Waals surface area (Å²) in [5.74, 6) is 1.12. The van der Waals surface area contributed by atoms with Gasteiger partial charge in [0.25, 0.3) is 0 Å². The molecule has 0 radical (unpaired) electrons. The van der Waals surface area contributed by atoms with Gasteiger partial charge in [0.1, 0.15) is 11.3 Å². The van der Waals surface area contributed by atoms with Crippen molar-refractivity contribution in [1.82, 2.24) is 24.8 Å². The Morgan fingerprint density at radius 2 is 2.00 bits per heavy atom. The maximum atomic E-state index is 13.2. The highest BCUT2D eigenvalue weighted by atomic mass is 19.1. The largest absolute Gasteiger partial charge is 0.382 e. The minimum Gasteiger partial charge on any atom is -0.382 e. The van der Waals surface area contributed by atoms with E-state index in [0.29, 0.717) is 17.6 Å². The lowest BCUT2D eigenvalue weighted by molar-refractivity contribution is 0.626. The number of aromatic nitrogens is 5. The summed E-state index contributed by atoms with van der Waals surface area (Å²) in [6.07, 6.45) is 1.84. The van der Waals surface area contributed by atoms with Gasteiger partial charge in [0, 0.05) is 23.9 Å². The Morgan fingerprint density at radius 3 is 2.69 bits per heavy atom. The van der Waals surface area contributed by atoms with Gasteiger partial charge < -0.3 is 11.1 Å². The molecule has 8 heteroatoms. The van der Waals surface area contributed by atoms with Crippen molar-refractivity contribution >= 4 is 23.1 Å². The fourth-order valence-electron chi connectivity index (χ4n) is 3.01. The van der Waals surface area contributed by atoms with Crippen molar-refractivity contribution in [3.05, 3.63) is 65.2 Å². The summed E-state index contributed by atoms with van der Waals surface area (Å²) in [4.78, 5) is 4.35. The van der Waals surface area contributed by atoms with Crippen molar-refractivity contribution in [2.45, 2.75) is 19.8 Å². The van der Waals surface area contributed by atoms with E-state index in [0.717, 1.165) is 22.3 Å². The van der Waals surface area contributed by atoms with Gasteiger partial charge in [0.15, 0.2) is 11.6 Å². The quantitative estimate of drug-likeness (QED) is 0.524. The Labute approximate surface area is 149 Å². The van der Waals surface area contributed by atoms with E-state index in [2.05, 4.69) is 25.6 Å². The number of H-pyrrole nitrogens is 1. The van der Waals surface area contributed by atoms with Crippen molar-refractivity contribution in [1.29, 1.82) is 0 Å². The first-order valence-electron chi connectivity index (χ1n) is 8.20. The number of nitrogens with zero attached hydrogens (tertiary/aromatic N) is 4. The zero-order chi connectivity index (χ0) is 18.3. The molecule has 7 nitrogen and oxygen atoms in total. The van der Waals surface area contributed by atoms with Crippen LogP contribution in [0.15, 0.2) is 42.6 Å². The molecule has 0 unspecified atom stereocenters. The van der Waals surface area contributed by atoms with Gasteiger partial charge in [-0.1, -0.05) is 19.1 Å². The molecule has 26 heavy (non-hydrogen) atoms. The number of halogens is 1. The zero-order valence-electron chi connectivity index (χ0n) is 14.4. The maximum Gasteiger partial charge on any atom is 0.248 e. The summed E-state index contributed by atoms with van der Waals surface area (Å²) in [5.41, 5.74) is 9.85. The van der Waals surface area contributed by atoms with E-state index in [1.54, 1.807) is 16.6 Å². The topological polar surface area (TPSA) is 96.9 Å². The number of nitrogens with two attached hydrogens (primary N) is 1. The molecule has 4 aromatic rings. The van der Waals surface area contributed by atoms with E-state index >= 15 is 0 Å². The van der Waals surface area contributed by atoms with Gasteiger partial charge in [-0.05, 0) is 36.2 Å². The SMILES string of the molecule is Cc1cc(Nc2nc(N)c3c([C@@H](C)c4ccc(F)cc4)ccn3n2)n[nH]1. The smallest absolute Gasteiger partial charge is 0.248 e. The van der Waals surface area contributed by atoms with Crippen LogP contribution in [-0.2, 0) is 0 Å². The van der Waals surface area contributed by atoms with Crippen molar-refractivity contribution in [2.24, 2.45) is 0 Å². The molecule has 3 aromatic heterocycles. The fraction of sp³-hybridized carbons (Fsp3) is 0.167. The van der Waals surface area contributed by atoms with E-state index in [1.807, 2.05) is 32.2 Å². The second kappa shape index (κ2) is 6.14. The van der Waals surface area contributed by atoms with Crippen LogP contribution in [0, 0.1) is 12.7 Å². The summed E-state index contributed by atoms with van der Waals surface area (Å²) in [7, 11) is 0.